The van der Waals surface area contributed by atoms with Crippen molar-refractivity contribution in [1.29, 1.82) is 0 Å². The van der Waals surface area contributed by atoms with Gasteiger partial charge in [0, 0.05) is 5.56 Å². The Bertz CT molecular complexity index is 350. The average molecular weight is 229 g/mol. The number of carbonyl (C=O) groups excluding carboxylic acids is 1. The summed E-state index contributed by atoms with van der Waals surface area (Å²) in [4.78, 5) is 11.1. The SMILES string of the molecule is COc1cc(C(C)=O)ccc1OCCCl. The van der Waals surface area contributed by atoms with Crippen LogP contribution in [0.4, 0.5) is 0 Å². The largest absolute Gasteiger partial charge is 0.493 e. The van der Waals surface area contributed by atoms with Gasteiger partial charge in [-0.2, -0.15) is 0 Å². The highest BCUT2D eigenvalue weighted by Gasteiger charge is 2.07. The zero-order valence-corrected chi connectivity index (χ0v) is 9.50. The van der Waals surface area contributed by atoms with Crippen LogP contribution in [0.25, 0.3) is 0 Å². The fourth-order valence-electron chi connectivity index (χ4n) is 1.15. The molecular formula is C11H13ClO3. The molecule has 0 bridgehead atoms. The lowest BCUT2D eigenvalue weighted by Crippen LogP contribution is -2.01. The molecule has 3 nitrogen and oxygen atoms in total. The van der Waals surface area contributed by atoms with E-state index in [1.165, 1.54) is 14.0 Å². The Morgan fingerprint density at radius 1 is 1.40 bits per heavy atom. The molecule has 1 aromatic carbocycles. The van der Waals surface area contributed by atoms with Gasteiger partial charge < -0.3 is 9.47 Å². The van der Waals surface area contributed by atoms with E-state index in [0.29, 0.717) is 29.5 Å². The highest BCUT2D eigenvalue weighted by Crippen LogP contribution is 2.28. The Kier molecular flexibility index (Phi) is 4.43. The van der Waals surface area contributed by atoms with Gasteiger partial charge in [0.25, 0.3) is 0 Å². The summed E-state index contributed by atoms with van der Waals surface area (Å²) in [5.41, 5.74) is 0.602. The molecule has 0 aliphatic heterocycles. The molecule has 0 aliphatic carbocycles. The van der Waals surface area contributed by atoms with Crippen LogP contribution in [0, 0.1) is 0 Å². The summed E-state index contributed by atoms with van der Waals surface area (Å²) in [6.45, 7) is 1.92. The van der Waals surface area contributed by atoms with Crippen molar-refractivity contribution in [1.82, 2.24) is 0 Å². The lowest BCUT2D eigenvalue weighted by atomic mass is 10.1. The first-order valence-corrected chi connectivity index (χ1v) is 5.10. The van der Waals surface area contributed by atoms with Gasteiger partial charge in [0.1, 0.15) is 6.61 Å². The van der Waals surface area contributed by atoms with Crippen LogP contribution in [0.1, 0.15) is 17.3 Å². The normalized spacial score (nSPS) is 9.80. The number of ketones is 1. The Hall–Kier alpha value is -1.22. The maximum absolute atomic E-state index is 11.1. The minimum atomic E-state index is -0.00260. The molecule has 0 unspecified atom stereocenters. The smallest absolute Gasteiger partial charge is 0.161 e. The van der Waals surface area contributed by atoms with Gasteiger partial charge in [0.15, 0.2) is 17.3 Å². The van der Waals surface area contributed by atoms with Crippen LogP contribution in [0.15, 0.2) is 18.2 Å². The zero-order chi connectivity index (χ0) is 11.3. The highest BCUT2D eigenvalue weighted by atomic mass is 35.5. The molecule has 0 amide bonds. The lowest BCUT2D eigenvalue weighted by molar-refractivity contribution is 0.101. The minimum Gasteiger partial charge on any atom is -0.493 e. The van der Waals surface area contributed by atoms with Crippen molar-refractivity contribution in [3.63, 3.8) is 0 Å². The van der Waals surface area contributed by atoms with Gasteiger partial charge in [-0.05, 0) is 25.1 Å². The summed E-state index contributed by atoms with van der Waals surface area (Å²) in [6, 6.07) is 5.07. The average Bonchev–Trinajstić information content (AvgIpc) is 2.25. The predicted molar refractivity (Wildman–Crippen MR) is 59.2 cm³/mol. The van der Waals surface area contributed by atoms with Crippen LogP contribution >= 0.6 is 11.6 Å². The number of benzene rings is 1. The molecule has 0 aliphatic rings. The van der Waals surface area contributed by atoms with Crippen LogP contribution in [0.5, 0.6) is 11.5 Å². The first-order chi connectivity index (χ1) is 7.19. The molecule has 0 radical (unpaired) electrons. The molecule has 0 aromatic heterocycles. The highest BCUT2D eigenvalue weighted by molar-refractivity contribution is 6.18. The number of hydrogen-bond donors (Lipinski definition) is 0. The van der Waals surface area contributed by atoms with Crippen LogP contribution in [0.2, 0.25) is 0 Å². The third-order valence-corrected chi connectivity index (χ3v) is 2.06. The molecule has 0 fully saturated rings. The van der Waals surface area contributed by atoms with E-state index < -0.39 is 0 Å². The van der Waals surface area contributed by atoms with Crippen LogP contribution in [-0.4, -0.2) is 25.4 Å². The third kappa shape index (κ3) is 3.13. The maximum Gasteiger partial charge on any atom is 0.161 e. The molecule has 0 saturated heterocycles. The van der Waals surface area contributed by atoms with Gasteiger partial charge >= 0.3 is 0 Å². The van der Waals surface area contributed by atoms with Gasteiger partial charge in [0.2, 0.25) is 0 Å². The lowest BCUT2D eigenvalue weighted by Gasteiger charge is -2.10. The minimum absolute atomic E-state index is 0.00260. The number of methoxy groups -OCH3 is 1. The summed E-state index contributed by atoms with van der Waals surface area (Å²) in [6.07, 6.45) is 0. The molecule has 82 valence electrons. The van der Waals surface area contributed by atoms with Crippen LogP contribution in [-0.2, 0) is 0 Å². The fraction of sp³-hybridized carbons (Fsp3) is 0.364. The summed E-state index contributed by atoms with van der Waals surface area (Å²) in [5.74, 6) is 1.56. The Balaban J connectivity index is 2.93. The number of carbonyl (C=O) groups is 1. The third-order valence-electron chi connectivity index (χ3n) is 1.90. The number of ether oxygens (including phenoxy) is 2. The quantitative estimate of drug-likeness (QED) is 0.574. The predicted octanol–water partition coefficient (Wildman–Crippen LogP) is 2.52. The van der Waals surface area contributed by atoms with Crippen molar-refractivity contribution >= 4 is 17.4 Å². The topological polar surface area (TPSA) is 35.5 Å². The summed E-state index contributed by atoms with van der Waals surface area (Å²) < 4.78 is 10.5. The Morgan fingerprint density at radius 3 is 2.67 bits per heavy atom. The molecule has 0 atom stereocenters. The maximum atomic E-state index is 11.1. The van der Waals surface area contributed by atoms with E-state index in [4.69, 9.17) is 21.1 Å². The van der Waals surface area contributed by atoms with Crippen molar-refractivity contribution in [3.8, 4) is 11.5 Å². The second-order valence-electron chi connectivity index (χ2n) is 2.96. The van der Waals surface area contributed by atoms with E-state index in [1.54, 1.807) is 18.2 Å². The van der Waals surface area contributed by atoms with E-state index >= 15 is 0 Å². The number of halogens is 1. The number of rotatable bonds is 5. The first kappa shape index (κ1) is 11.9. The van der Waals surface area contributed by atoms with Gasteiger partial charge in [-0.15, -0.1) is 11.6 Å². The van der Waals surface area contributed by atoms with Crippen molar-refractivity contribution in [2.45, 2.75) is 6.92 Å². The molecule has 15 heavy (non-hydrogen) atoms. The Morgan fingerprint density at radius 2 is 2.13 bits per heavy atom. The zero-order valence-electron chi connectivity index (χ0n) is 8.75. The number of Topliss-reactive ketones (excluding diaryl/α,β-unsaturated/α-hetero) is 1. The second-order valence-corrected chi connectivity index (χ2v) is 3.34. The van der Waals surface area contributed by atoms with Gasteiger partial charge in [-0.1, -0.05) is 0 Å². The molecule has 0 saturated carbocycles. The molecule has 0 heterocycles. The van der Waals surface area contributed by atoms with Crippen molar-refractivity contribution < 1.29 is 14.3 Å². The van der Waals surface area contributed by atoms with Crippen molar-refractivity contribution in [3.05, 3.63) is 23.8 Å². The van der Waals surface area contributed by atoms with E-state index in [-0.39, 0.29) is 5.78 Å². The molecule has 0 N–H and O–H groups in total. The standard InChI is InChI=1S/C11H13ClO3/c1-8(13)9-3-4-10(15-6-5-12)11(7-9)14-2/h3-4,7H,5-6H2,1-2H3. The molecule has 1 rings (SSSR count). The molecule has 4 heteroatoms. The number of hydrogen-bond acceptors (Lipinski definition) is 3. The monoisotopic (exact) mass is 228 g/mol. The fourth-order valence-corrected chi connectivity index (χ4v) is 1.23. The summed E-state index contributed by atoms with van der Waals surface area (Å²) >= 11 is 5.51. The van der Waals surface area contributed by atoms with Gasteiger partial charge in [0.05, 0.1) is 13.0 Å². The Labute approximate surface area is 93.9 Å². The number of alkyl halides is 1. The van der Waals surface area contributed by atoms with Crippen LogP contribution < -0.4 is 9.47 Å². The van der Waals surface area contributed by atoms with Gasteiger partial charge in [-0.25, -0.2) is 0 Å². The van der Waals surface area contributed by atoms with Crippen LogP contribution in [0.3, 0.4) is 0 Å². The molecular weight excluding hydrogens is 216 g/mol. The first-order valence-electron chi connectivity index (χ1n) is 4.56. The van der Waals surface area contributed by atoms with Gasteiger partial charge in [-0.3, -0.25) is 4.79 Å². The van der Waals surface area contributed by atoms with E-state index in [2.05, 4.69) is 0 Å². The van der Waals surface area contributed by atoms with Crippen molar-refractivity contribution in [2.24, 2.45) is 0 Å². The van der Waals surface area contributed by atoms with E-state index in [9.17, 15) is 4.79 Å². The van der Waals surface area contributed by atoms with E-state index in [0.717, 1.165) is 0 Å². The summed E-state index contributed by atoms with van der Waals surface area (Å²) in [5, 5.41) is 0. The second kappa shape index (κ2) is 5.61. The molecule has 0 spiro atoms. The summed E-state index contributed by atoms with van der Waals surface area (Å²) in [7, 11) is 1.53. The molecule has 1 aromatic rings. The van der Waals surface area contributed by atoms with Crippen molar-refractivity contribution in [2.75, 3.05) is 19.6 Å². The van der Waals surface area contributed by atoms with E-state index in [1.807, 2.05) is 0 Å².